The summed E-state index contributed by atoms with van der Waals surface area (Å²) in [5.41, 5.74) is 0. The average Bonchev–Trinajstić information content (AvgIpc) is 2.02. The molecule has 90 valence electrons. The molecule has 1 unspecified atom stereocenters. The van der Waals surface area contributed by atoms with Crippen molar-refractivity contribution in [3.8, 4) is 0 Å². The number of rotatable bonds is 4. The summed E-state index contributed by atoms with van der Waals surface area (Å²) in [5.74, 6) is -8.06. The zero-order valence-electron chi connectivity index (χ0n) is 8.20. The van der Waals surface area contributed by atoms with Crippen molar-refractivity contribution in [3.63, 3.8) is 0 Å². The van der Waals surface area contributed by atoms with E-state index in [-0.39, 0.29) is 6.61 Å². The molecule has 2 nitrogen and oxygen atoms in total. The number of carbonyl (C=O) groups is 1. The van der Waals surface area contributed by atoms with E-state index in [4.69, 9.17) is 0 Å². The van der Waals surface area contributed by atoms with Crippen LogP contribution in [0, 0.1) is 5.92 Å². The molecule has 0 rings (SSSR count). The summed E-state index contributed by atoms with van der Waals surface area (Å²) >= 11 is 0. The predicted molar refractivity (Wildman–Crippen MR) is 41.4 cm³/mol. The number of hydrogen-bond acceptors (Lipinski definition) is 2. The fourth-order valence-corrected chi connectivity index (χ4v) is 0.877. The minimum atomic E-state index is -5.64. The average molecular weight is 234 g/mol. The van der Waals surface area contributed by atoms with Crippen LogP contribution < -0.4 is 0 Å². The number of hydrogen-bond donors (Lipinski definition) is 0. The summed E-state index contributed by atoms with van der Waals surface area (Å²) in [6, 6.07) is 0. The molecule has 0 amide bonds. The second kappa shape index (κ2) is 4.76. The molecule has 0 saturated heterocycles. The molecule has 7 heteroatoms. The first kappa shape index (κ1) is 14.1. The zero-order valence-corrected chi connectivity index (χ0v) is 8.20. The Kier molecular flexibility index (Phi) is 4.48. The van der Waals surface area contributed by atoms with Gasteiger partial charge in [0.25, 0.3) is 0 Å². The van der Waals surface area contributed by atoms with Gasteiger partial charge < -0.3 is 4.74 Å². The van der Waals surface area contributed by atoms with Crippen molar-refractivity contribution in [1.82, 2.24) is 0 Å². The topological polar surface area (TPSA) is 26.3 Å². The minimum absolute atomic E-state index is 0.0524. The Morgan fingerprint density at radius 2 is 1.73 bits per heavy atom. The first-order valence-corrected chi connectivity index (χ1v) is 4.23. The zero-order chi connectivity index (χ0) is 12.3. The molecule has 0 aliphatic carbocycles. The van der Waals surface area contributed by atoms with Crippen molar-refractivity contribution in [2.75, 3.05) is 6.61 Å². The van der Waals surface area contributed by atoms with Gasteiger partial charge >= 0.3 is 18.1 Å². The molecule has 0 aromatic carbocycles. The van der Waals surface area contributed by atoms with Gasteiger partial charge in [0, 0.05) is 5.92 Å². The van der Waals surface area contributed by atoms with Gasteiger partial charge in [-0.3, -0.25) is 4.79 Å². The van der Waals surface area contributed by atoms with E-state index in [2.05, 4.69) is 4.74 Å². The van der Waals surface area contributed by atoms with Gasteiger partial charge in [0.1, 0.15) is 0 Å². The van der Waals surface area contributed by atoms with Crippen molar-refractivity contribution in [3.05, 3.63) is 0 Å². The largest absolute Gasteiger partial charge is 0.466 e. The Hall–Kier alpha value is -0.880. The van der Waals surface area contributed by atoms with Crippen LogP contribution in [0.1, 0.15) is 20.3 Å². The lowest BCUT2D eigenvalue weighted by Crippen LogP contribution is -2.43. The normalized spacial score (nSPS) is 14.9. The highest BCUT2D eigenvalue weighted by atomic mass is 19.4. The summed E-state index contributed by atoms with van der Waals surface area (Å²) in [6.45, 7) is 2.04. The van der Waals surface area contributed by atoms with Gasteiger partial charge in [0.05, 0.1) is 13.0 Å². The van der Waals surface area contributed by atoms with Gasteiger partial charge in [0.2, 0.25) is 0 Å². The Bertz CT molecular complexity index is 224. The van der Waals surface area contributed by atoms with Crippen molar-refractivity contribution in [2.45, 2.75) is 32.4 Å². The molecule has 0 N–H and O–H groups in total. The molecule has 0 bridgehead atoms. The van der Waals surface area contributed by atoms with Crippen molar-refractivity contribution in [2.24, 2.45) is 5.92 Å². The van der Waals surface area contributed by atoms with Gasteiger partial charge in [-0.25, -0.2) is 0 Å². The van der Waals surface area contributed by atoms with E-state index in [0.717, 1.165) is 0 Å². The van der Waals surface area contributed by atoms with Gasteiger partial charge in [-0.15, -0.1) is 0 Å². The fourth-order valence-electron chi connectivity index (χ4n) is 0.877. The lowest BCUT2D eigenvalue weighted by molar-refractivity contribution is -0.300. The highest BCUT2D eigenvalue weighted by molar-refractivity contribution is 5.69. The van der Waals surface area contributed by atoms with Crippen molar-refractivity contribution >= 4 is 5.97 Å². The van der Waals surface area contributed by atoms with Crippen LogP contribution in [0.15, 0.2) is 0 Å². The van der Waals surface area contributed by atoms with E-state index in [1.165, 1.54) is 6.92 Å². The van der Waals surface area contributed by atoms with Crippen LogP contribution >= 0.6 is 0 Å². The number of alkyl halides is 5. The van der Waals surface area contributed by atoms with Crippen LogP contribution in [0.4, 0.5) is 22.0 Å². The molecule has 15 heavy (non-hydrogen) atoms. The highest BCUT2D eigenvalue weighted by Crippen LogP contribution is 2.42. The summed E-state index contributed by atoms with van der Waals surface area (Å²) in [7, 11) is 0. The fraction of sp³-hybridized carbons (Fsp3) is 0.875. The molecule has 0 aliphatic rings. The molecule has 0 aromatic heterocycles. The van der Waals surface area contributed by atoms with Crippen LogP contribution in [-0.2, 0) is 9.53 Å². The maximum Gasteiger partial charge on any atom is 0.453 e. The number of ether oxygens (including phenoxy) is 1. The summed E-state index contributed by atoms with van der Waals surface area (Å²) in [4.78, 5) is 10.7. The van der Waals surface area contributed by atoms with Crippen LogP contribution in [0.2, 0.25) is 0 Å². The molecule has 0 radical (unpaired) electrons. The standard InChI is InChI=1S/C8H11F5O2/c1-3-15-6(14)4-5(2)7(9,10)8(11,12)13/h5H,3-4H2,1-2H3. The maximum absolute atomic E-state index is 12.6. The molecule has 0 aromatic rings. The van der Waals surface area contributed by atoms with E-state index < -0.39 is 30.4 Å². The van der Waals surface area contributed by atoms with Gasteiger partial charge in [-0.2, -0.15) is 22.0 Å². The third-order valence-corrected chi connectivity index (χ3v) is 1.78. The van der Waals surface area contributed by atoms with Gasteiger partial charge in [-0.1, -0.05) is 6.92 Å². The molecule has 0 aliphatic heterocycles. The Labute approximate surface area is 83.4 Å². The van der Waals surface area contributed by atoms with Crippen LogP contribution in [-0.4, -0.2) is 24.7 Å². The number of carbonyl (C=O) groups excluding carboxylic acids is 1. The second-order valence-corrected chi connectivity index (χ2v) is 3.03. The quantitative estimate of drug-likeness (QED) is 0.552. The third-order valence-electron chi connectivity index (χ3n) is 1.78. The third kappa shape index (κ3) is 3.64. The maximum atomic E-state index is 12.6. The molecular weight excluding hydrogens is 223 g/mol. The summed E-state index contributed by atoms with van der Waals surface area (Å²) in [5, 5.41) is 0. The highest BCUT2D eigenvalue weighted by Gasteiger charge is 2.60. The van der Waals surface area contributed by atoms with E-state index in [0.29, 0.717) is 6.92 Å². The van der Waals surface area contributed by atoms with Crippen LogP contribution in [0.3, 0.4) is 0 Å². The van der Waals surface area contributed by atoms with Crippen LogP contribution in [0.5, 0.6) is 0 Å². The smallest absolute Gasteiger partial charge is 0.453 e. The monoisotopic (exact) mass is 234 g/mol. The summed E-state index contributed by atoms with van der Waals surface area (Å²) in [6.07, 6.45) is -6.60. The Morgan fingerprint density at radius 3 is 2.07 bits per heavy atom. The Morgan fingerprint density at radius 1 is 1.27 bits per heavy atom. The van der Waals surface area contributed by atoms with Crippen molar-refractivity contribution < 1.29 is 31.5 Å². The van der Waals surface area contributed by atoms with Gasteiger partial charge in [0.15, 0.2) is 0 Å². The molecule has 0 spiro atoms. The van der Waals surface area contributed by atoms with E-state index in [1.807, 2.05) is 0 Å². The molecular formula is C8H11F5O2. The van der Waals surface area contributed by atoms with E-state index in [9.17, 15) is 26.7 Å². The Balaban J connectivity index is 4.44. The second-order valence-electron chi connectivity index (χ2n) is 3.03. The molecule has 0 saturated carbocycles. The summed E-state index contributed by atoms with van der Waals surface area (Å²) < 4.78 is 64.9. The van der Waals surface area contributed by atoms with Gasteiger partial charge in [-0.05, 0) is 6.92 Å². The lowest BCUT2D eigenvalue weighted by Gasteiger charge is -2.25. The predicted octanol–water partition coefficient (Wildman–Crippen LogP) is 2.77. The number of halogens is 5. The number of esters is 1. The first-order chi connectivity index (χ1) is 6.63. The molecule has 0 heterocycles. The SMILES string of the molecule is CCOC(=O)CC(C)C(F)(F)C(F)(F)F. The molecule has 1 atom stereocenters. The molecule has 0 fully saturated rings. The van der Waals surface area contributed by atoms with E-state index in [1.54, 1.807) is 0 Å². The lowest BCUT2D eigenvalue weighted by atomic mass is 9.99. The minimum Gasteiger partial charge on any atom is -0.466 e. The van der Waals surface area contributed by atoms with E-state index >= 15 is 0 Å². The first-order valence-electron chi connectivity index (χ1n) is 4.23. The van der Waals surface area contributed by atoms with Crippen LogP contribution in [0.25, 0.3) is 0 Å². The van der Waals surface area contributed by atoms with Crippen molar-refractivity contribution in [1.29, 1.82) is 0 Å².